The molecule has 3 unspecified atom stereocenters. The lowest BCUT2D eigenvalue weighted by atomic mass is 10.0. The monoisotopic (exact) mass is 648 g/mol. The molecule has 3 atom stereocenters. The zero-order valence-electron chi connectivity index (χ0n) is 29.4. The van der Waals surface area contributed by atoms with Gasteiger partial charge in [0.2, 0.25) is 5.91 Å². The lowest BCUT2D eigenvalue weighted by molar-refractivity contribution is -0.870. The quantitative estimate of drug-likeness (QED) is 0.0292. The highest BCUT2D eigenvalue weighted by atomic mass is 31.2. The van der Waals surface area contributed by atoms with Gasteiger partial charge < -0.3 is 19.8 Å². The molecule has 0 saturated carbocycles. The highest BCUT2D eigenvalue weighted by Crippen LogP contribution is 2.43. The molecule has 0 heterocycles. The normalized spacial score (nSPS) is 15.0. The van der Waals surface area contributed by atoms with E-state index < -0.39 is 20.0 Å². The SMILES string of the molecule is CCC/C=C/C(O)C(COP(=O)(O)OCC[N+](C)(C)C)NC(=O)CCCCCCCCCCCCCCCCCCCCC. The van der Waals surface area contributed by atoms with Gasteiger partial charge in [0.15, 0.2) is 0 Å². The van der Waals surface area contributed by atoms with E-state index in [4.69, 9.17) is 9.05 Å². The van der Waals surface area contributed by atoms with Crippen LogP contribution >= 0.6 is 7.82 Å². The van der Waals surface area contributed by atoms with Crippen LogP contribution in [-0.4, -0.2) is 73.4 Å². The van der Waals surface area contributed by atoms with Crippen molar-refractivity contribution in [3.05, 3.63) is 12.2 Å². The first kappa shape index (κ1) is 43.2. The molecule has 3 N–H and O–H groups in total. The maximum absolute atomic E-state index is 12.6. The molecule has 0 radical (unpaired) electrons. The number of hydrogen-bond donors (Lipinski definition) is 3. The van der Waals surface area contributed by atoms with E-state index >= 15 is 0 Å². The van der Waals surface area contributed by atoms with Crippen molar-refractivity contribution in [3.8, 4) is 0 Å². The number of aliphatic hydroxyl groups is 1. The summed E-state index contributed by atoms with van der Waals surface area (Å²) < 4.78 is 23.1. The van der Waals surface area contributed by atoms with Crippen molar-refractivity contribution in [1.82, 2.24) is 5.32 Å². The summed E-state index contributed by atoms with van der Waals surface area (Å²) in [5.74, 6) is -0.188. The number of carbonyl (C=O) groups is 1. The summed E-state index contributed by atoms with van der Waals surface area (Å²) in [6, 6.07) is -0.835. The molecule has 0 spiro atoms. The van der Waals surface area contributed by atoms with E-state index in [9.17, 15) is 19.4 Å². The van der Waals surface area contributed by atoms with Crippen LogP contribution in [0.5, 0.6) is 0 Å². The Morgan fingerprint density at radius 2 is 1.20 bits per heavy atom. The number of phosphoric ester groups is 1. The van der Waals surface area contributed by atoms with Crippen LogP contribution in [0.25, 0.3) is 0 Å². The second-order valence-corrected chi connectivity index (χ2v) is 15.1. The van der Waals surface area contributed by atoms with Crippen molar-refractivity contribution in [2.24, 2.45) is 0 Å². The Bertz CT molecular complexity index is 743. The number of unbranched alkanes of at least 4 members (excludes halogenated alkanes) is 19. The van der Waals surface area contributed by atoms with Crippen LogP contribution in [0.15, 0.2) is 12.2 Å². The minimum absolute atomic E-state index is 0.0622. The Kier molecular flexibility index (Phi) is 28.0. The summed E-state index contributed by atoms with van der Waals surface area (Å²) in [6.45, 7) is 4.59. The van der Waals surface area contributed by atoms with Gasteiger partial charge in [-0.2, -0.15) is 0 Å². The third-order valence-electron chi connectivity index (χ3n) is 7.99. The standard InChI is InChI=1S/C35H71N2O6P/c1-6-8-10-11-12-13-14-15-16-17-18-19-20-21-22-23-24-25-27-29-35(39)36-33(34(38)28-26-9-7-2)32-43-44(40,41)42-31-30-37(3,4)5/h26,28,33-34,38H,6-25,27,29-32H2,1-5H3,(H-,36,39,40,41)/p+1/b28-26+. The number of aliphatic hydroxyl groups excluding tert-OH is 1. The zero-order valence-corrected chi connectivity index (χ0v) is 30.3. The summed E-state index contributed by atoms with van der Waals surface area (Å²) in [6.07, 6.45) is 29.3. The van der Waals surface area contributed by atoms with Crippen LogP contribution in [0, 0.1) is 0 Å². The van der Waals surface area contributed by atoms with Gasteiger partial charge in [-0.05, 0) is 12.8 Å². The summed E-state index contributed by atoms with van der Waals surface area (Å²) in [5.41, 5.74) is 0. The van der Waals surface area contributed by atoms with Crippen molar-refractivity contribution in [3.63, 3.8) is 0 Å². The molecule has 0 rings (SSSR count). The molecule has 262 valence electrons. The molecule has 0 aromatic heterocycles. The third kappa shape index (κ3) is 29.9. The summed E-state index contributed by atoms with van der Waals surface area (Å²) >= 11 is 0. The van der Waals surface area contributed by atoms with Gasteiger partial charge in [0, 0.05) is 6.42 Å². The average molecular weight is 648 g/mol. The molecule has 0 bridgehead atoms. The van der Waals surface area contributed by atoms with Crippen LogP contribution in [-0.2, 0) is 18.4 Å². The maximum Gasteiger partial charge on any atom is 0.472 e. The predicted octanol–water partition coefficient (Wildman–Crippen LogP) is 8.85. The minimum Gasteiger partial charge on any atom is -0.387 e. The highest BCUT2D eigenvalue weighted by molar-refractivity contribution is 7.47. The molecule has 0 aliphatic heterocycles. The lowest BCUT2D eigenvalue weighted by Crippen LogP contribution is -2.45. The van der Waals surface area contributed by atoms with Crippen LogP contribution < -0.4 is 5.32 Å². The number of phosphoric acid groups is 1. The minimum atomic E-state index is -4.30. The van der Waals surface area contributed by atoms with Crippen molar-refractivity contribution >= 4 is 13.7 Å². The van der Waals surface area contributed by atoms with Crippen molar-refractivity contribution in [1.29, 1.82) is 0 Å². The molecule has 0 aliphatic carbocycles. The summed E-state index contributed by atoms with van der Waals surface area (Å²) in [7, 11) is 1.57. The first-order valence-electron chi connectivity index (χ1n) is 18.1. The molecule has 9 heteroatoms. The van der Waals surface area contributed by atoms with Gasteiger partial charge in [0.1, 0.15) is 13.2 Å². The van der Waals surface area contributed by atoms with Crippen LogP contribution in [0.2, 0.25) is 0 Å². The van der Waals surface area contributed by atoms with Gasteiger partial charge in [-0.15, -0.1) is 0 Å². The van der Waals surface area contributed by atoms with E-state index in [1.807, 2.05) is 34.1 Å². The smallest absolute Gasteiger partial charge is 0.387 e. The molecule has 0 aromatic rings. The number of rotatable bonds is 32. The van der Waals surface area contributed by atoms with Gasteiger partial charge in [0.05, 0.1) is 39.9 Å². The Balaban J connectivity index is 4.04. The molecule has 0 fully saturated rings. The van der Waals surface area contributed by atoms with Crippen molar-refractivity contribution in [2.75, 3.05) is 40.9 Å². The molecule has 0 aliphatic rings. The largest absolute Gasteiger partial charge is 0.472 e. The van der Waals surface area contributed by atoms with E-state index in [-0.39, 0.29) is 19.1 Å². The summed E-state index contributed by atoms with van der Waals surface area (Å²) in [5, 5.41) is 13.4. The molecule has 0 saturated heterocycles. The lowest BCUT2D eigenvalue weighted by Gasteiger charge is -2.25. The van der Waals surface area contributed by atoms with Crippen LogP contribution in [0.1, 0.15) is 155 Å². The van der Waals surface area contributed by atoms with Gasteiger partial charge in [-0.3, -0.25) is 13.8 Å². The van der Waals surface area contributed by atoms with E-state index in [0.29, 0.717) is 17.4 Å². The van der Waals surface area contributed by atoms with Gasteiger partial charge >= 0.3 is 7.82 Å². The first-order valence-corrected chi connectivity index (χ1v) is 19.6. The Labute approximate surface area is 272 Å². The van der Waals surface area contributed by atoms with Gasteiger partial charge in [-0.1, -0.05) is 148 Å². The number of allylic oxidation sites excluding steroid dienone is 1. The van der Waals surface area contributed by atoms with E-state index in [1.54, 1.807) is 6.08 Å². The molecular weight excluding hydrogens is 575 g/mol. The number of quaternary nitrogens is 1. The second-order valence-electron chi connectivity index (χ2n) is 13.6. The third-order valence-corrected chi connectivity index (χ3v) is 8.97. The molecular formula is C35H72N2O6P+. The van der Waals surface area contributed by atoms with Crippen molar-refractivity contribution < 1.29 is 32.9 Å². The molecule has 1 amide bonds. The van der Waals surface area contributed by atoms with Crippen molar-refractivity contribution in [2.45, 2.75) is 167 Å². The number of amides is 1. The summed E-state index contributed by atoms with van der Waals surface area (Å²) in [4.78, 5) is 22.7. The molecule has 0 aromatic carbocycles. The maximum atomic E-state index is 12.6. The molecule has 8 nitrogen and oxygen atoms in total. The second kappa shape index (κ2) is 28.5. The Morgan fingerprint density at radius 1 is 0.750 bits per heavy atom. The fourth-order valence-electron chi connectivity index (χ4n) is 5.05. The van der Waals surface area contributed by atoms with Gasteiger partial charge in [0.25, 0.3) is 0 Å². The number of carbonyl (C=O) groups excluding carboxylic acids is 1. The van der Waals surface area contributed by atoms with E-state index in [1.165, 1.54) is 103 Å². The first-order chi connectivity index (χ1) is 21.0. The number of nitrogens with one attached hydrogen (secondary N) is 1. The fourth-order valence-corrected chi connectivity index (χ4v) is 5.78. The Hall–Kier alpha value is -0.760. The topological polar surface area (TPSA) is 105 Å². The van der Waals surface area contributed by atoms with E-state index in [0.717, 1.165) is 32.1 Å². The predicted molar refractivity (Wildman–Crippen MR) is 185 cm³/mol. The highest BCUT2D eigenvalue weighted by Gasteiger charge is 2.27. The molecule has 44 heavy (non-hydrogen) atoms. The van der Waals surface area contributed by atoms with Gasteiger partial charge in [-0.25, -0.2) is 4.57 Å². The van der Waals surface area contributed by atoms with Crippen LogP contribution in [0.3, 0.4) is 0 Å². The number of likely N-dealkylation sites (N-methyl/N-ethyl adjacent to an activating group) is 1. The zero-order chi connectivity index (χ0) is 32.9. The average Bonchev–Trinajstić information content (AvgIpc) is 2.95. The van der Waals surface area contributed by atoms with Crippen LogP contribution in [0.4, 0.5) is 0 Å². The number of hydrogen-bond acceptors (Lipinski definition) is 5. The Morgan fingerprint density at radius 3 is 1.64 bits per heavy atom. The number of nitrogens with zero attached hydrogens (tertiary/aromatic N) is 1. The fraction of sp³-hybridized carbons (Fsp3) is 0.914. The van der Waals surface area contributed by atoms with E-state index in [2.05, 4.69) is 12.2 Å².